The Hall–Kier alpha value is -0.760. The van der Waals surface area contributed by atoms with Crippen LogP contribution in [0.15, 0.2) is 16.7 Å². The van der Waals surface area contributed by atoms with E-state index in [0.29, 0.717) is 5.92 Å². The van der Waals surface area contributed by atoms with Crippen molar-refractivity contribution in [3.8, 4) is 0 Å². The van der Waals surface area contributed by atoms with E-state index in [1.807, 2.05) is 6.07 Å². The van der Waals surface area contributed by atoms with Crippen LogP contribution >= 0.6 is 0 Å². The molecule has 1 heterocycles. The highest BCUT2D eigenvalue weighted by Gasteiger charge is 2.13. The highest BCUT2D eigenvalue weighted by molar-refractivity contribution is 5.20. The monoisotopic (exact) mass is 181 g/mol. The maximum atomic E-state index is 6.06. The maximum absolute atomic E-state index is 6.06. The van der Waals surface area contributed by atoms with E-state index in [4.69, 9.17) is 10.2 Å². The first kappa shape index (κ1) is 10.3. The predicted molar refractivity (Wildman–Crippen MR) is 54.5 cm³/mol. The van der Waals surface area contributed by atoms with Crippen molar-refractivity contribution in [3.63, 3.8) is 0 Å². The standard InChI is InChI=1S/C11H19NO/c1-4-11-9(5-6-13-11)10(12)7-8(2)3/h5-6,8,10H,4,7,12H2,1-3H3. The minimum absolute atomic E-state index is 0.133. The zero-order chi connectivity index (χ0) is 9.84. The molecule has 0 aromatic carbocycles. The van der Waals surface area contributed by atoms with Gasteiger partial charge in [0.2, 0.25) is 0 Å². The summed E-state index contributed by atoms with van der Waals surface area (Å²) < 4.78 is 5.34. The van der Waals surface area contributed by atoms with Crippen LogP contribution in [0.5, 0.6) is 0 Å². The van der Waals surface area contributed by atoms with Gasteiger partial charge in [0.05, 0.1) is 6.26 Å². The Balaban J connectivity index is 2.69. The second-order valence-corrected chi connectivity index (χ2v) is 3.89. The Bertz CT molecular complexity index is 252. The van der Waals surface area contributed by atoms with E-state index < -0.39 is 0 Å². The van der Waals surface area contributed by atoms with E-state index in [1.165, 1.54) is 5.56 Å². The van der Waals surface area contributed by atoms with Crippen LogP contribution in [-0.2, 0) is 6.42 Å². The van der Waals surface area contributed by atoms with Crippen LogP contribution in [0.4, 0.5) is 0 Å². The first-order valence-electron chi connectivity index (χ1n) is 4.97. The van der Waals surface area contributed by atoms with Crippen molar-refractivity contribution >= 4 is 0 Å². The molecule has 1 unspecified atom stereocenters. The van der Waals surface area contributed by atoms with Crippen LogP contribution in [0.1, 0.15) is 44.6 Å². The molecule has 13 heavy (non-hydrogen) atoms. The van der Waals surface area contributed by atoms with Gasteiger partial charge in [0.25, 0.3) is 0 Å². The molecule has 2 N–H and O–H groups in total. The molecule has 1 atom stereocenters. The van der Waals surface area contributed by atoms with Crippen molar-refractivity contribution in [3.05, 3.63) is 23.7 Å². The molecule has 0 spiro atoms. The van der Waals surface area contributed by atoms with E-state index in [-0.39, 0.29) is 6.04 Å². The normalized spacial score (nSPS) is 13.6. The van der Waals surface area contributed by atoms with E-state index in [9.17, 15) is 0 Å². The molecular formula is C11H19NO. The van der Waals surface area contributed by atoms with Crippen molar-refractivity contribution in [1.82, 2.24) is 0 Å². The van der Waals surface area contributed by atoms with Gasteiger partial charge in [0, 0.05) is 18.0 Å². The molecule has 1 rings (SSSR count). The lowest BCUT2D eigenvalue weighted by Gasteiger charge is -2.13. The zero-order valence-electron chi connectivity index (χ0n) is 8.71. The number of aryl methyl sites for hydroxylation is 1. The van der Waals surface area contributed by atoms with Gasteiger partial charge in [0.15, 0.2) is 0 Å². The average Bonchev–Trinajstić information content (AvgIpc) is 2.49. The van der Waals surface area contributed by atoms with Gasteiger partial charge in [-0.15, -0.1) is 0 Å². The number of furan rings is 1. The number of hydrogen-bond acceptors (Lipinski definition) is 2. The third-order valence-electron chi connectivity index (χ3n) is 2.23. The lowest BCUT2D eigenvalue weighted by Crippen LogP contribution is -2.13. The summed E-state index contributed by atoms with van der Waals surface area (Å²) >= 11 is 0. The molecule has 0 amide bonds. The minimum Gasteiger partial charge on any atom is -0.469 e. The molecule has 1 aromatic heterocycles. The maximum Gasteiger partial charge on any atom is 0.108 e. The van der Waals surface area contributed by atoms with Crippen molar-refractivity contribution in [2.24, 2.45) is 11.7 Å². The third kappa shape index (κ3) is 2.59. The van der Waals surface area contributed by atoms with Gasteiger partial charge in [-0.2, -0.15) is 0 Å². The SMILES string of the molecule is CCc1occc1C(N)CC(C)C. The Kier molecular flexibility index (Phi) is 3.55. The Labute approximate surface area is 80.1 Å². The largest absolute Gasteiger partial charge is 0.469 e. The fourth-order valence-electron chi connectivity index (χ4n) is 1.60. The predicted octanol–water partition coefficient (Wildman–Crippen LogP) is 2.89. The fourth-order valence-corrected chi connectivity index (χ4v) is 1.60. The molecule has 0 radical (unpaired) electrons. The number of hydrogen-bond donors (Lipinski definition) is 1. The van der Waals surface area contributed by atoms with Gasteiger partial charge in [-0.05, 0) is 18.4 Å². The van der Waals surface area contributed by atoms with Crippen LogP contribution in [0.2, 0.25) is 0 Å². The van der Waals surface area contributed by atoms with Gasteiger partial charge in [-0.1, -0.05) is 20.8 Å². The smallest absolute Gasteiger partial charge is 0.108 e. The van der Waals surface area contributed by atoms with E-state index in [1.54, 1.807) is 6.26 Å². The molecule has 0 bridgehead atoms. The van der Waals surface area contributed by atoms with Crippen LogP contribution in [0.3, 0.4) is 0 Å². The van der Waals surface area contributed by atoms with Crippen molar-refractivity contribution in [1.29, 1.82) is 0 Å². The van der Waals surface area contributed by atoms with E-state index in [0.717, 1.165) is 18.6 Å². The fraction of sp³-hybridized carbons (Fsp3) is 0.636. The van der Waals surface area contributed by atoms with Crippen LogP contribution in [-0.4, -0.2) is 0 Å². The molecule has 0 saturated carbocycles. The zero-order valence-corrected chi connectivity index (χ0v) is 8.71. The first-order valence-corrected chi connectivity index (χ1v) is 4.97. The highest BCUT2D eigenvalue weighted by Crippen LogP contribution is 2.23. The summed E-state index contributed by atoms with van der Waals surface area (Å²) in [6.07, 6.45) is 3.68. The molecule has 2 nitrogen and oxygen atoms in total. The molecule has 2 heteroatoms. The third-order valence-corrected chi connectivity index (χ3v) is 2.23. The second-order valence-electron chi connectivity index (χ2n) is 3.89. The lowest BCUT2D eigenvalue weighted by atomic mass is 9.98. The molecule has 74 valence electrons. The summed E-state index contributed by atoms with van der Waals surface area (Å²) in [6, 6.07) is 2.12. The summed E-state index contributed by atoms with van der Waals surface area (Å²) in [5.41, 5.74) is 7.23. The average molecular weight is 181 g/mol. The van der Waals surface area contributed by atoms with Gasteiger partial charge in [-0.3, -0.25) is 0 Å². The summed E-state index contributed by atoms with van der Waals surface area (Å²) in [5.74, 6) is 1.67. The summed E-state index contributed by atoms with van der Waals surface area (Å²) in [5, 5.41) is 0. The van der Waals surface area contributed by atoms with Crippen molar-refractivity contribution < 1.29 is 4.42 Å². The summed E-state index contributed by atoms with van der Waals surface area (Å²) in [7, 11) is 0. The van der Waals surface area contributed by atoms with Gasteiger partial charge < -0.3 is 10.2 Å². The number of rotatable bonds is 4. The van der Waals surface area contributed by atoms with Gasteiger partial charge >= 0.3 is 0 Å². The molecule has 0 saturated heterocycles. The van der Waals surface area contributed by atoms with E-state index in [2.05, 4.69) is 20.8 Å². The van der Waals surface area contributed by atoms with Crippen LogP contribution in [0, 0.1) is 5.92 Å². The topological polar surface area (TPSA) is 39.2 Å². The Morgan fingerprint density at radius 2 is 2.15 bits per heavy atom. The highest BCUT2D eigenvalue weighted by atomic mass is 16.3. The number of nitrogens with two attached hydrogens (primary N) is 1. The summed E-state index contributed by atoms with van der Waals surface area (Å²) in [6.45, 7) is 6.46. The van der Waals surface area contributed by atoms with E-state index >= 15 is 0 Å². The molecule has 0 aliphatic carbocycles. The molecule has 1 aromatic rings. The van der Waals surface area contributed by atoms with Gasteiger partial charge in [-0.25, -0.2) is 0 Å². The van der Waals surface area contributed by atoms with Gasteiger partial charge in [0.1, 0.15) is 5.76 Å². The first-order chi connectivity index (χ1) is 6.15. The van der Waals surface area contributed by atoms with Crippen molar-refractivity contribution in [2.45, 2.75) is 39.7 Å². The quantitative estimate of drug-likeness (QED) is 0.775. The van der Waals surface area contributed by atoms with Crippen LogP contribution in [0.25, 0.3) is 0 Å². The van der Waals surface area contributed by atoms with Crippen LogP contribution < -0.4 is 5.73 Å². The molecule has 0 aliphatic heterocycles. The molecule has 0 fully saturated rings. The molecule has 0 aliphatic rings. The lowest BCUT2D eigenvalue weighted by molar-refractivity contribution is 0.479. The Morgan fingerprint density at radius 1 is 1.46 bits per heavy atom. The summed E-state index contributed by atoms with van der Waals surface area (Å²) in [4.78, 5) is 0. The second kappa shape index (κ2) is 4.47. The minimum atomic E-state index is 0.133. The van der Waals surface area contributed by atoms with Crippen molar-refractivity contribution in [2.75, 3.05) is 0 Å². The molecular weight excluding hydrogens is 162 g/mol. The Morgan fingerprint density at radius 3 is 2.69 bits per heavy atom.